The minimum atomic E-state index is -3.55. The summed E-state index contributed by atoms with van der Waals surface area (Å²) in [7, 11) is -2.26. The summed E-state index contributed by atoms with van der Waals surface area (Å²) >= 11 is 0. The highest BCUT2D eigenvalue weighted by Gasteiger charge is 2.21. The number of ether oxygens (including phenoxy) is 1. The monoisotopic (exact) mass is 403 g/mol. The molecule has 0 saturated carbocycles. The number of carbonyl (C=O) groups excluding carboxylic acids is 2. The van der Waals surface area contributed by atoms with Crippen molar-refractivity contribution in [2.24, 2.45) is 0 Å². The smallest absolute Gasteiger partial charge is 0.307 e. The summed E-state index contributed by atoms with van der Waals surface area (Å²) in [6.07, 6.45) is -0.0933. The molecule has 0 aromatic heterocycles. The predicted molar refractivity (Wildman–Crippen MR) is 106 cm³/mol. The van der Waals surface area contributed by atoms with Crippen LogP contribution in [0.3, 0.4) is 0 Å². The summed E-state index contributed by atoms with van der Waals surface area (Å²) in [5.74, 6) is -1.01. The first-order valence-electron chi connectivity index (χ1n) is 9.00. The first kappa shape index (κ1) is 21.6. The zero-order valence-electron chi connectivity index (χ0n) is 16.1. The van der Waals surface area contributed by atoms with Crippen molar-refractivity contribution in [3.05, 3.63) is 65.7 Å². The highest BCUT2D eigenvalue weighted by Crippen LogP contribution is 2.14. The SMILES string of the molecule is COC(=O)CCN(Cc1ccccc1)C(=O)CCS(=O)(=O)c1ccc(C)cc1. The molecule has 6 nitrogen and oxygen atoms in total. The van der Waals surface area contributed by atoms with Crippen molar-refractivity contribution < 1.29 is 22.7 Å². The van der Waals surface area contributed by atoms with Crippen molar-refractivity contribution in [3.63, 3.8) is 0 Å². The highest BCUT2D eigenvalue weighted by molar-refractivity contribution is 7.91. The average molecular weight is 404 g/mol. The maximum Gasteiger partial charge on any atom is 0.307 e. The Bertz CT molecular complexity index is 892. The maximum absolute atomic E-state index is 12.7. The van der Waals surface area contributed by atoms with Gasteiger partial charge < -0.3 is 9.64 Å². The van der Waals surface area contributed by atoms with Gasteiger partial charge in [0, 0.05) is 19.5 Å². The third-order valence-electron chi connectivity index (χ3n) is 4.35. The molecule has 28 heavy (non-hydrogen) atoms. The zero-order chi connectivity index (χ0) is 20.6. The predicted octanol–water partition coefficient (Wildman–Crippen LogP) is 2.75. The molecule has 0 aliphatic rings. The second kappa shape index (κ2) is 10.0. The van der Waals surface area contributed by atoms with E-state index < -0.39 is 15.8 Å². The molecule has 0 aliphatic carbocycles. The van der Waals surface area contributed by atoms with Crippen molar-refractivity contribution in [3.8, 4) is 0 Å². The molecule has 7 heteroatoms. The average Bonchev–Trinajstić information content (AvgIpc) is 2.70. The third-order valence-corrected chi connectivity index (χ3v) is 6.08. The largest absolute Gasteiger partial charge is 0.469 e. The van der Waals surface area contributed by atoms with Gasteiger partial charge in [0.05, 0.1) is 24.2 Å². The molecule has 0 N–H and O–H groups in total. The standard InChI is InChI=1S/C21H25NO5S/c1-17-8-10-19(11-9-17)28(25,26)15-13-20(23)22(14-12-21(24)27-2)16-18-6-4-3-5-7-18/h3-11H,12-16H2,1-2H3. The van der Waals surface area contributed by atoms with Gasteiger partial charge in [-0.1, -0.05) is 48.0 Å². The molecule has 0 spiro atoms. The van der Waals surface area contributed by atoms with E-state index in [2.05, 4.69) is 4.74 Å². The van der Waals surface area contributed by atoms with Crippen LogP contribution in [-0.2, 0) is 30.7 Å². The van der Waals surface area contributed by atoms with E-state index in [1.165, 1.54) is 12.0 Å². The Balaban J connectivity index is 2.05. The van der Waals surface area contributed by atoms with Gasteiger partial charge in [-0.25, -0.2) is 8.42 Å². The van der Waals surface area contributed by atoms with Crippen LogP contribution in [0, 0.1) is 6.92 Å². The molecule has 0 heterocycles. The van der Waals surface area contributed by atoms with Crippen LogP contribution in [0.25, 0.3) is 0 Å². The summed E-state index contributed by atoms with van der Waals surface area (Å²) in [4.78, 5) is 25.9. The Morgan fingerprint density at radius 2 is 1.61 bits per heavy atom. The van der Waals surface area contributed by atoms with Crippen LogP contribution in [-0.4, -0.2) is 44.6 Å². The second-order valence-electron chi connectivity index (χ2n) is 6.51. The normalized spacial score (nSPS) is 11.1. The lowest BCUT2D eigenvalue weighted by atomic mass is 10.2. The van der Waals surface area contributed by atoms with Crippen LogP contribution >= 0.6 is 0 Å². The molecule has 0 fully saturated rings. The number of benzene rings is 2. The van der Waals surface area contributed by atoms with Crippen molar-refractivity contribution in [2.75, 3.05) is 19.4 Å². The van der Waals surface area contributed by atoms with Crippen LogP contribution < -0.4 is 0 Å². The molecule has 1 amide bonds. The lowest BCUT2D eigenvalue weighted by molar-refractivity contribution is -0.141. The van der Waals surface area contributed by atoms with Crippen LogP contribution in [0.15, 0.2) is 59.5 Å². The van der Waals surface area contributed by atoms with E-state index in [4.69, 9.17) is 0 Å². The van der Waals surface area contributed by atoms with Crippen LogP contribution in [0.2, 0.25) is 0 Å². The van der Waals surface area contributed by atoms with Crippen LogP contribution in [0.5, 0.6) is 0 Å². The first-order valence-corrected chi connectivity index (χ1v) is 10.6. The first-order chi connectivity index (χ1) is 13.3. The molecule has 0 radical (unpaired) electrons. The molecule has 2 aromatic carbocycles. The molecule has 150 valence electrons. The molecular formula is C21H25NO5S. The Morgan fingerprint density at radius 1 is 0.964 bits per heavy atom. The quantitative estimate of drug-likeness (QED) is 0.602. The fourth-order valence-electron chi connectivity index (χ4n) is 2.67. The number of aryl methyl sites for hydroxylation is 1. The molecule has 0 saturated heterocycles. The maximum atomic E-state index is 12.7. The number of rotatable bonds is 9. The molecule has 2 aromatic rings. The van der Waals surface area contributed by atoms with Gasteiger partial charge in [0.1, 0.15) is 0 Å². The molecule has 0 aliphatic heterocycles. The van der Waals surface area contributed by atoms with Crippen molar-refractivity contribution in [1.82, 2.24) is 4.90 Å². The van der Waals surface area contributed by atoms with Crippen molar-refractivity contribution >= 4 is 21.7 Å². The summed E-state index contributed by atoms with van der Waals surface area (Å²) in [5, 5.41) is 0. The van der Waals surface area contributed by atoms with E-state index in [-0.39, 0.29) is 35.9 Å². The van der Waals surface area contributed by atoms with Gasteiger partial charge in [-0.3, -0.25) is 9.59 Å². The van der Waals surface area contributed by atoms with Crippen LogP contribution in [0.4, 0.5) is 0 Å². The van der Waals surface area contributed by atoms with Gasteiger partial charge in [0.25, 0.3) is 0 Å². The number of methoxy groups -OCH3 is 1. The number of nitrogens with zero attached hydrogens (tertiary/aromatic N) is 1. The minimum Gasteiger partial charge on any atom is -0.469 e. The fourth-order valence-corrected chi connectivity index (χ4v) is 3.90. The number of hydrogen-bond acceptors (Lipinski definition) is 5. The van der Waals surface area contributed by atoms with E-state index in [9.17, 15) is 18.0 Å². The second-order valence-corrected chi connectivity index (χ2v) is 8.62. The van der Waals surface area contributed by atoms with Crippen LogP contribution in [0.1, 0.15) is 24.0 Å². The van der Waals surface area contributed by atoms with Gasteiger partial charge in [-0.05, 0) is 24.6 Å². The minimum absolute atomic E-state index is 0.0553. The van der Waals surface area contributed by atoms with E-state index in [0.717, 1.165) is 11.1 Å². The Hall–Kier alpha value is -2.67. The summed E-state index contributed by atoms with van der Waals surface area (Å²) in [5.41, 5.74) is 1.87. The topological polar surface area (TPSA) is 80.8 Å². The van der Waals surface area contributed by atoms with Crippen molar-refractivity contribution in [1.29, 1.82) is 0 Å². The fraction of sp³-hybridized carbons (Fsp3) is 0.333. The van der Waals surface area contributed by atoms with Gasteiger partial charge >= 0.3 is 5.97 Å². The van der Waals surface area contributed by atoms with E-state index in [1.54, 1.807) is 24.3 Å². The summed E-state index contributed by atoms with van der Waals surface area (Å²) in [6, 6.07) is 15.9. The lowest BCUT2D eigenvalue weighted by Gasteiger charge is -2.22. The molecule has 0 atom stereocenters. The molecular weight excluding hydrogens is 378 g/mol. The van der Waals surface area contributed by atoms with E-state index in [1.807, 2.05) is 37.3 Å². The molecule has 0 unspecified atom stereocenters. The number of carbonyl (C=O) groups is 2. The number of esters is 1. The third kappa shape index (κ3) is 6.49. The molecule has 0 bridgehead atoms. The van der Waals surface area contributed by atoms with Gasteiger partial charge in [0.15, 0.2) is 9.84 Å². The van der Waals surface area contributed by atoms with Gasteiger partial charge in [-0.15, -0.1) is 0 Å². The van der Waals surface area contributed by atoms with E-state index >= 15 is 0 Å². The van der Waals surface area contributed by atoms with Gasteiger partial charge in [0.2, 0.25) is 5.91 Å². The number of sulfone groups is 1. The van der Waals surface area contributed by atoms with E-state index in [0.29, 0.717) is 6.54 Å². The lowest BCUT2D eigenvalue weighted by Crippen LogP contribution is -2.33. The number of hydrogen-bond donors (Lipinski definition) is 0. The Morgan fingerprint density at radius 3 is 2.21 bits per heavy atom. The number of amides is 1. The zero-order valence-corrected chi connectivity index (χ0v) is 16.9. The Labute approximate surface area is 166 Å². The summed E-state index contributed by atoms with van der Waals surface area (Å²) in [6.45, 7) is 2.36. The van der Waals surface area contributed by atoms with Crippen molar-refractivity contribution in [2.45, 2.75) is 31.2 Å². The Kier molecular flexibility index (Phi) is 7.75. The highest BCUT2D eigenvalue weighted by atomic mass is 32.2. The van der Waals surface area contributed by atoms with Gasteiger partial charge in [-0.2, -0.15) is 0 Å². The summed E-state index contributed by atoms with van der Waals surface area (Å²) < 4.78 is 29.6. The molecule has 2 rings (SSSR count).